The highest BCUT2D eigenvalue weighted by atomic mass is 79.9. The predicted octanol–water partition coefficient (Wildman–Crippen LogP) is 5.31. The van der Waals surface area contributed by atoms with E-state index in [1.165, 1.54) is 4.90 Å². The van der Waals surface area contributed by atoms with Gasteiger partial charge in [-0.25, -0.2) is 4.90 Å². The first-order valence-corrected chi connectivity index (χ1v) is 9.76. The van der Waals surface area contributed by atoms with Crippen molar-refractivity contribution in [3.63, 3.8) is 0 Å². The smallest absolute Gasteiger partial charge is 0.293 e. The van der Waals surface area contributed by atoms with Crippen LogP contribution in [0.15, 0.2) is 46.9 Å². The Hall–Kier alpha value is -1.50. The molecule has 0 aromatic heterocycles. The van der Waals surface area contributed by atoms with Gasteiger partial charge in [-0.3, -0.25) is 9.59 Å². The summed E-state index contributed by atoms with van der Waals surface area (Å²) in [6, 6.07) is 12.4. The Morgan fingerprint density at radius 2 is 1.92 bits per heavy atom. The highest BCUT2D eigenvalue weighted by molar-refractivity contribution is 9.10. The lowest BCUT2D eigenvalue weighted by atomic mass is 10.1. The average molecular weight is 441 g/mol. The molecule has 0 unspecified atom stereocenters. The summed E-state index contributed by atoms with van der Waals surface area (Å²) >= 11 is 10.4. The molecule has 25 heavy (non-hydrogen) atoms. The van der Waals surface area contributed by atoms with Crippen LogP contribution >= 0.6 is 39.3 Å². The van der Waals surface area contributed by atoms with Gasteiger partial charge in [-0.1, -0.05) is 39.3 Å². The Bertz CT molecular complexity index is 812. The summed E-state index contributed by atoms with van der Waals surface area (Å²) in [5.74, 6) is 0.510. The fraction of sp³-hybridized carbons (Fsp3) is 0.222. The van der Waals surface area contributed by atoms with Gasteiger partial charge in [0.05, 0.1) is 17.5 Å². The Morgan fingerprint density at radius 3 is 2.60 bits per heavy atom. The number of thioether (sulfide) groups is 1. The molecule has 2 aromatic rings. The monoisotopic (exact) mass is 439 g/mol. The number of ether oxygens (including phenoxy) is 1. The van der Waals surface area contributed by atoms with Gasteiger partial charge < -0.3 is 4.74 Å². The predicted molar refractivity (Wildman–Crippen MR) is 105 cm³/mol. The molecule has 0 aliphatic carbocycles. The van der Waals surface area contributed by atoms with Crippen LogP contribution in [0.2, 0.25) is 5.02 Å². The molecule has 0 N–H and O–H groups in total. The van der Waals surface area contributed by atoms with E-state index in [0.717, 1.165) is 27.5 Å². The van der Waals surface area contributed by atoms with Gasteiger partial charge in [0, 0.05) is 9.50 Å². The van der Waals surface area contributed by atoms with Crippen LogP contribution in [0.25, 0.3) is 0 Å². The Kier molecular flexibility index (Phi) is 5.71. The van der Waals surface area contributed by atoms with E-state index in [1.807, 2.05) is 25.1 Å². The molecule has 0 saturated carbocycles. The number of imide groups is 1. The summed E-state index contributed by atoms with van der Waals surface area (Å²) in [4.78, 5) is 26.3. The Morgan fingerprint density at radius 1 is 1.20 bits per heavy atom. The van der Waals surface area contributed by atoms with Crippen molar-refractivity contribution in [3.05, 3.63) is 57.5 Å². The van der Waals surface area contributed by atoms with Crippen molar-refractivity contribution < 1.29 is 14.3 Å². The summed E-state index contributed by atoms with van der Waals surface area (Å²) < 4.78 is 6.54. The molecule has 0 radical (unpaired) electrons. The van der Waals surface area contributed by atoms with Crippen molar-refractivity contribution >= 4 is 56.1 Å². The SMILES string of the molecule is CCOc1ccc(Br)cc1C[C@@H]1SC(=O)N(c2ccc(Cl)cc2)C1=O. The second kappa shape index (κ2) is 7.81. The minimum atomic E-state index is -0.475. The highest BCUT2D eigenvalue weighted by Gasteiger charge is 2.40. The van der Waals surface area contributed by atoms with Gasteiger partial charge in [0.25, 0.3) is 5.24 Å². The standard InChI is InChI=1S/C18H15BrClNO3S/c1-2-24-15-8-3-12(19)9-11(15)10-16-17(22)21(18(23)25-16)14-6-4-13(20)5-7-14/h3-9,16H,2,10H2,1H3/t16-/m0/s1. The van der Waals surface area contributed by atoms with E-state index in [2.05, 4.69) is 15.9 Å². The molecule has 1 fully saturated rings. The van der Waals surface area contributed by atoms with E-state index in [4.69, 9.17) is 16.3 Å². The van der Waals surface area contributed by atoms with E-state index in [9.17, 15) is 9.59 Å². The number of amides is 2. The number of carbonyl (C=O) groups excluding carboxylic acids is 2. The summed E-state index contributed by atoms with van der Waals surface area (Å²) in [5.41, 5.74) is 1.43. The van der Waals surface area contributed by atoms with Crippen molar-refractivity contribution in [2.24, 2.45) is 0 Å². The summed E-state index contributed by atoms with van der Waals surface area (Å²) in [6.07, 6.45) is 0.425. The van der Waals surface area contributed by atoms with Crippen LogP contribution < -0.4 is 9.64 Å². The third-order valence-electron chi connectivity index (χ3n) is 3.73. The fourth-order valence-electron chi connectivity index (χ4n) is 2.61. The molecular formula is C18H15BrClNO3S. The summed E-state index contributed by atoms with van der Waals surface area (Å²) in [7, 11) is 0. The van der Waals surface area contributed by atoms with Crippen molar-refractivity contribution in [3.8, 4) is 5.75 Å². The molecule has 3 rings (SSSR count). The van der Waals surface area contributed by atoms with Gasteiger partial charge in [0.1, 0.15) is 5.75 Å². The topological polar surface area (TPSA) is 46.6 Å². The van der Waals surface area contributed by atoms with E-state index in [0.29, 0.717) is 23.7 Å². The summed E-state index contributed by atoms with van der Waals surface area (Å²) in [5, 5.41) is -0.190. The molecule has 130 valence electrons. The maximum absolute atomic E-state index is 12.8. The molecule has 1 heterocycles. The van der Waals surface area contributed by atoms with Gasteiger partial charge in [-0.15, -0.1) is 0 Å². The van der Waals surface area contributed by atoms with Crippen LogP contribution in [-0.2, 0) is 11.2 Å². The molecule has 1 aliphatic rings. The second-order valence-corrected chi connectivity index (χ2v) is 7.92. The first-order valence-electron chi connectivity index (χ1n) is 7.71. The van der Waals surface area contributed by atoms with Crippen molar-refractivity contribution in [1.29, 1.82) is 0 Å². The number of benzene rings is 2. The van der Waals surface area contributed by atoms with Crippen LogP contribution in [-0.4, -0.2) is 23.0 Å². The quantitative estimate of drug-likeness (QED) is 0.632. The lowest BCUT2D eigenvalue weighted by Crippen LogP contribution is -2.32. The lowest BCUT2D eigenvalue weighted by molar-refractivity contribution is -0.117. The Labute approximate surface area is 163 Å². The number of anilines is 1. The molecule has 2 aromatic carbocycles. The zero-order chi connectivity index (χ0) is 18.0. The number of carbonyl (C=O) groups is 2. The summed E-state index contributed by atoms with van der Waals surface area (Å²) in [6.45, 7) is 2.45. The zero-order valence-electron chi connectivity index (χ0n) is 13.4. The third kappa shape index (κ3) is 4.02. The van der Waals surface area contributed by atoms with Crippen LogP contribution in [0.5, 0.6) is 5.75 Å². The van der Waals surface area contributed by atoms with Gasteiger partial charge in [0.15, 0.2) is 0 Å². The minimum absolute atomic E-state index is 0.222. The molecular weight excluding hydrogens is 426 g/mol. The van der Waals surface area contributed by atoms with Crippen LogP contribution in [0, 0.1) is 0 Å². The van der Waals surface area contributed by atoms with E-state index < -0.39 is 5.25 Å². The van der Waals surface area contributed by atoms with Crippen LogP contribution in [0.1, 0.15) is 12.5 Å². The van der Waals surface area contributed by atoms with E-state index in [1.54, 1.807) is 24.3 Å². The maximum Gasteiger partial charge on any atom is 0.293 e. The van der Waals surface area contributed by atoms with Crippen LogP contribution in [0.4, 0.5) is 10.5 Å². The molecule has 0 spiro atoms. The lowest BCUT2D eigenvalue weighted by Gasteiger charge is -2.15. The number of halogens is 2. The van der Waals surface area contributed by atoms with Crippen molar-refractivity contribution in [2.45, 2.75) is 18.6 Å². The molecule has 1 atom stereocenters. The first-order chi connectivity index (χ1) is 12.0. The van der Waals surface area contributed by atoms with Crippen LogP contribution in [0.3, 0.4) is 0 Å². The normalized spacial score (nSPS) is 17.2. The first kappa shape index (κ1) is 18.3. The molecule has 2 amide bonds. The van der Waals surface area contributed by atoms with Crippen molar-refractivity contribution in [1.82, 2.24) is 0 Å². The van der Waals surface area contributed by atoms with E-state index >= 15 is 0 Å². The van der Waals surface area contributed by atoms with Crippen molar-refractivity contribution in [2.75, 3.05) is 11.5 Å². The molecule has 7 heteroatoms. The largest absolute Gasteiger partial charge is 0.494 e. The van der Waals surface area contributed by atoms with E-state index in [-0.39, 0.29) is 11.1 Å². The number of hydrogen-bond donors (Lipinski definition) is 0. The average Bonchev–Trinajstić information content (AvgIpc) is 2.85. The second-order valence-electron chi connectivity index (χ2n) is 5.41. The number of rotatable bonds is 5. The molecule has 1 saturated heterocycles. The van der Waals surface area contributed by atoms with Gasteiger partial charge in [-0.05, 0) is 61.4 Å². The third-order valence-corrected chi connectivity index (χ3v) is 5.52. The van der Waals surface area contributed by atoms with Gasteiger partial charge in [-0.2, -0.15) is 0 Å². The minimum Gasteiger partial charge on any atom is -0.494 e. The Balaban J connectivity index is 1.83. The zero-order valence-corrected chi connectivity index (χ0v) is 16.5. The highest BCUT2D eigenvalue weighted by Crippen LogP contribution is 2.36. The molecule has 1 aliphatic heterocycles. The number of hydrogen-bond acceptors (Lipinski definition) is 4. The maximum atomic E-state index is 12.8. The van der Waals surface area contributed by atoms with Gasteiger partial charge in [0.2, 0.25) is 5.91 Å². The van der Waals surface area contributed by atoms with Gasteiger partial charge >= 0.3 is 0 Å². The molecule has 4 nitrogen and oxygen atoms in total. The molecule has 0 bridgehead atoms. The number of nitrogens with zero attached hydrogens (tertiary/aromatic N) is 1. The fourth-order valence-corrected chi connectivity index (χ4v) is 4.16.